The van der Waals surface area contributed by atoms with Crippen LogP contribution in [0.25, 0.3) is 11.5 Å². The van der Waals surface area contributed by atoms with Gasteiger partial charge >= 0.3 is 5.97 Å². The maximum atomic E-state index is 11.5. The van der Waals surface area contributed by atoms with E-state index in [2.05, 4.69) is 25.5 Å². The van der Waals surface area contributed by atoms with Gasteiger partial charge in [-0.3, -0.25) is 0 Å². The van der Waals surface area contributed by atoms with Gasteiger partial charge in [-0.2, -0.15) is 15.4 Å². The summed E-state index contributed by atoms with van der Waals surface area (Å²) >= 11 is 0. The number of aromatic nitrogens is 6. The number of esters is 1. The summed E-state index contributed by atoms with van der Waals surface area (Å²) in [4.78, 5) is 15.5. The molecule has 0 amide bonds. The van der Waals surface area contributed by atoms with Crippen molar-refractivity contribution in [1.82, 2.24) is 30.2 Å². The second-order valence-corrected chi connectivity index (χ2v) is 2.95. The van der Waals surface area contributed by atoms with Crippen LogP contribution in [0.1, 0.15) is 17.4 Å². The van der Waals surface area contributed by atoms with Crippen LogP contribution in [0.3, 0.4) is 0 Å². The zero-order valence-corrected chi connectivity index (χ0v) is 8.84. The minimum absolute atomic E-state index is 0.109. The molecule has 0 bridgehead atoms. The molecular formula is C8H10N6O2. The van der Waals surface area contributed by atoms with Crippen LogP contribution in [-0.4, -0.2) is 42.8 Å². The molecule has 0 aromatic carbocycles. The minimum Gasteiger partial charge on any atom is -0.461 e. The molecule has 16 heavy (non-hydrogen) atoms. The third-order valence-electron chi connectivity index (χ3n) is 1.94. The van der Waals surface area contributed by atoms with E-state index in [1.807, 2.05) is 0 Å². The second kappa shape index (κ2) is 4.09. The quantitative estimate of drug-likeness (QED) is 0.720. The van der Waals surface area contributed by atoms with Gasteiger partial charge in [0, 0.05) is 7.05 Å². The first-order chi connectivity index (χ1) is 7.74. The highest BCUT2D eigenvalue weighted by Gasteiger charge is 2.21. The Morgan fingerprint density at radius 1 is 1.56 bits per heavy atom. The molecule has 0 atom stereocenters. The van der Waals surface area contributed by atoms with Crippen LogP contribution >= 0.6 is 0 Å². The fourth-order valence-corrected chi connectivity index (χ4v) is 1.24. The van der Waals surface area contributed by atoms with Crippen molar-refractivity contribution in [3.05, 3.63) is 12.0 Å². The lowest BCUT2D eigenvalue weighted by Gasteiger charge is -1.99. The Hall–Kier alpha value is -2.25. The molecule has 0 unspecified atom stereocenters. The molecule has 0 aliphatic carbocycles. The Balaban J connectivity index is 2.40. The van der Waals surface area contributed by atoms with Crippen molar-refractivity contribution in [2.24, 2.45) is 7.05 Å². The maximum Gasteiger partial charge on any atom is 0.361 e. The van der Waals surface area contributed by atoms with Crippen LogP contribution in [0.2, 0.25) is 0 Å². The molecule has 8 nitrogen and oxygen atoms in total. The van der Waals surface area contributed by atoms with Crippen LogP contribution in [0, 0.1) is 0 Å². The smallest absolute Gasteiger partial charge is 0.361 e. The highest BCUT2D eigenvalue weighted by atomic mass is 16.5. The number of carbonyl (C=O) groups is 1. The summed E-state index contributed by atoms with van der Waals surface area (Å²) in [6.07, 6.45) is 1.37. The van der Waals surface area contributed by atoms with Gasteiger partial charge in [-0.25, -0.2) is 14.5 Å². The van der Waals surface area contributed by atoms with Crippen LogP contribution in [0.4, 0.5) is 0 Å². The number of hydrogen-bond acceptors (Lipinski definition) is 6. The van der Waals surface area contributed by atoms with Crippen LogP contribution < -0.4 is 0 Å². The number of nitrogens with zero attached hydrogens (tertiary/aromatic N) is 5. The average molecular weight is 222 g/mol. The molecule has 2 aromatic heterocycles. The van der Waals surface area contributed by atoms with Gasteiger partial charge in [-0.1, -0.05) is 0 Å². The molecule has 2 rings (SSSR count). The number of aromatic amines is 1. The number of carbonyl (C=O) groups excluding carboxylic acids is 1. The van der Waals surface area contributed by atoms with Gasteiger partial charge in [-0.15, -0.1) is 5.10 Å². The molecule has 1 N–H and O–H groups in total. The predicted molar refractivity (Wildman–Crippen MR) is 52.3 cm³/mol. The Kier molecular flexibility index (Phi) is 2.63. The largest absolute Gasteiger partial charge is 0.461 e. The van der Waals surface area contributed by atoms with E-state index in [1.54, 1.807) is 14.0 Å². The lowest BCUT2D eigenvalue weighted by Crippen LogP contribution is -2.08. The van der Waals surface area contributed by atoms with Gasteiger partial charge in [0.15, 0.2) is 11.5 Å². The fraction of sp³-hybridized carbons (Fsp3) is 0.375. The number of ether oxygens (including phenoxy) is 1. The summed E-state index contributed by atoms with van der Waals surface area (Å²) in [6.45, 7) is 2.00. The Morgan fingerprint density at radius 2 is 2.38 bits per heavy atom. The highest BCUT2D eigenvalue weighted by molar-refractivity contribution is 5.92. The molecular weight excluding hydrogens is 212 g/mol. The lowest BCUT2D eigenvalue weighted by molar-refractivity contribution is 0.0520. The molecule has 0 aliphatic rings. The topological polar surface area (TPSA) is 98.6 Å². The zero-order valence-electron chi connectivity index (χ0n) is 8.84. The second-order valence-electron chi connectivity index (χ2n) is 2.95. The summed E-state index contributed by atoms with van der Waals surface area (Å²) in [7, 11) is 1.70. The third-order valence-corrected chi connectivity index (χ3v) is 1.94. The lowest BCUT2D eigenvalue weighted by atomic mass is 10.3. The predicted octanol–water partition coefficient (Wildman–Crippen LogP) is -0.223. The van der Waals surface area contributed by atoms with E-state index in [1.165, 1.54) is 11.0 Å². The fourth-order valence-electron chi connectivity index (χ4n) is 1.24. The van der Waals surface area contributed by atoms with Crippen molar-refractivity contribution >= 4 is 5.97 Å². The molecule has 0 saturated carbocycles. The monoisotopic (exact) mass is 222 g/mol. The summed E-state index contributed by atoms with van der Waals surface area (Å²) < 4.78 is 6.35. The Labute approximate surface area is 90.6 Å². The van der Waals surface area contributed by atoms with Crippen molar-refractivity contribution in [3.8, 4) is 11.5 Å². The normalized spacial score (nSPS) is 10.4. The van der Waals surface area contributed by atoms with E-state index in [0.717, 1.165) is 0 Å². The van der Waals surface area contributed by atoms with E-state index in [-0.39, 0.29) is 12.3 Å². The summed E-state index contributed by atoms with van der Waals surface area (Å²) in [5.41, 5.74) is 0.441. The van der Waals surface area contributed by atoms with Crippen LogP contribution in [0.5, 0.6) is 0 Å². The average Bonchev–Trinajstić information content (AvgIpc) is 2.85. The van der Waals surface area contributed by atoms with Crippen LogP contribution in [-0.2, 0) is 11.8 Å². The van der Waals surface area contributed by atoms with E-state index in [9.17, 15) is 4.79 Å². The molecule has 2 aromatic rings. The van der Waals surface area contributed by atoms with Gasteiger partial charge < -0.3 is 4.74 Å². The number of aryl methyl sites for hydroxylation is 1. The first kappa shape index (κ1) is 10.3. The van der Waals surface area contributed by atoms with Gasteiger partial charge in [0.2, 0.25) is 5.69 Å². The molecule has 0 radical (unpaired) electrons. The van der Waals surface area contributed by atoms with Gasteiger partial charge in [0.05, 0.1) is 6.61 Å². The van der Waals surface area contributed by atoms with Crippen molar-refractivity contribution in [1.29, 1.82) is 0 Å². The SMILES string of the molecule is CCOC(=O)c1n[nH]nc1-c1ncnn1C. The molecule has 0 saturated heterocycles. The summed E-state index contributed by atoms with van der Waals surface area (Å²) in [5.74, 6) is -0.0777. The zero-order chi connectivity index (χ0) is 11.5. The third kappa shape index (κ3) is 1.64. The Bertz CT molecular complexity index is 502. The van der Waals surface area contributed by atoms with Gasteiger partial charge in [-0.05, 0) is 6.92 Å². The number of nitrogens with one attached hydrogen (secondary N) is 1. The summed E-state index contributed by atoms with van der Waals surface area (Å²) in [5, 5.41) is 13.9. The maximum absolute atomic E-state index is 11.5. The minimum atomic E-state index is -0.533. The standard InChI is InChI=1S/C8H10N6O2/c1-3-16-8(15)6-5(11-13-12-6)7-9-4-10-14(7)2/h4H,3H2,1-2H3,(H,11,12,13). The van der Waals surface area contributed by atoms with E-state index >= 15 is 0 Å². The summed E-state index contributed by atoms with van der Waals surface area (Å²) in [6, 6.07) is 0. The number of rotatable bonds is 3. The first-order valence-electron chi connectivity index (χ1n) is 4.66. The Morgan fingerprint density at radius 3 is 3.00 bits per heavy atom. The van der Waals surface area contributed by atoms with E-state index in [0.29, 0.717) is 11.5 Å². The first-order valence-corrected chi connectivity index (χ1v) is 4.66. The molecule has 0 aliphatic heterocycles. The molecule has 84 valence electrons. The molecule has 0 spiro atoms. The van der Waals surface area contributed by atoms with E-state index in [4.69, 9.17) is 4.74 Å². The molecule has 2 heterocycles. The van der Waals surface area contributed by atoms with Crippen molar-refractivity contribution in [3.63, 3.8) is 0 Å². The van der Waals surface area contributed by atoms with Crippen molar-refractivity contribution in [2.45, 2.75) is 6.92 Å². The number of hydrogen-bond donors (Lipinski definition) is 1. The highest BCUT2D eigenvalue weighted by Crippen LogP contribution is 2.16. The number of H-pyrrole nitrogens is 1. The van der Waals surface area contributed by atoms with Crippen molar-refractivity contribution in [2.75, 3.05) is 6.61 Å². The van der Waals surface area contributed by atoms with Gasteiger partial charge in [0.25, 0.3) is 0 Å². The van der Waals surface area contributed by atoms with E-state index < -0.39 is 5.97 Å². The van der Waals surface area contributed by atoms with Crippen LogP contribution in [0.15, 0.2) is 6.33 Å². The van der Waals surface area contributed by atoms with Crippen molar-refractivity contribution < 1.29 is 9.53 Å². The molecule has 8 heteroatoms. The van der Waals surface area contributed by atoms with Gasteiger partial charge in [0.1, 0.15) is 6.33 Å². The molecule has 0 fully saturated rings.